The van der Waals surface area contributed by atoms with Gasteiger partial charge in [-0.2, -0.15) is 0 Å². The Morgan fingerprint density at radius 3 is 2.58 bits per heavy atom. The van der Waals surface area contributed by atoms with Crippen molar-refractivity contribution < 1.29 is 9.52 Å². The van der Waals surface area contributed by atoms with Gasteiger partial charge in [0, 0.05) is 40.2 Å². The molecule has 0 spiro atoms. The molecule has 6 heteroatoms. The third-order valence-electron chi connectivity index (χ3n) is 3.86. The molecule has 0 bridgehead atoms. The maximum absolute atomic E-state index is 11.8. The Kier molecular flexibility index (Phi) is 4.81. The molecule has 1 heterocycles. The van der Waals surface area contributed by atoms with E-state index in [9.17, 15) is 9.90 Å². The van der Waals surface area contributed by atoms with Gasteiger partial charge in [0.2, 0.25) is 0 Å². The van der Waals surface area contributed by atoms with Crippen molar-refractivity contribution in [2.75, 3.05) is 0 Å². The number of nitrogens with one attached hydrogen (secondary N) is 1. The Bertz CT molecular complexity index is 966. The highest BCUT2D eigenvalue weighted by atomic mass is 35.5. The Morgan fingerprint density at radius 1 is 1.08 bits per heavy atom. The lowest BCUT2D eigenvalue weighted by molar-refractivity contribution is 0.468. The zero-order valence-corrected chi connectivity index (χ0v) is 14.4. The number of rotatable bonds is 4. The van der Waals surface area contributed by atoms with Crippen molar-refractivity contribution in [3.05, 3.63) is 73.6 Å². The largest absolute Gasteiger partial charge is 0.508 e. The fourth-order valence-corrected chi connectivity index (χ4v) is 3.03. The van der Waals surface area contributed by atoms with Gasteiger partial charge in [-0.1, -0.05) is 29.3 Å². The molecule has 2 N–H and O–H groups in total. The summed E-state index contributed by atoms with van der Waals surface area (Å²) in [6, 6.07) is 10.1. The van der Waals surface area contributed by atoms with Gasteiger partial charge in [0.15, 0.2) is 0 Å². The Hall–Kier alpha value is -2.01. The Balaban J connectivity index is 1.85. The summed E-state index contributed by atoms with van der Waals surface area (Å²) in [5, 5.41) is 15.0. The number of halogens is 2. The Labute approximate surface area is 148 Å². The van der Waals surface area contributed by atoms with Crippen molar-refractivity contribution in [1.82, 2.24) is 5.32 Å². The minimum atomic E-state index is -0.447. The molecule has 0 aliphatic carbocycles. The number of benzene rings is 2. The van der Waals surface area contributed by atoms with Gasteiger partial charge in [0.25, 0.3) is 0 Å². The average molecular weight is 364 g/mol. The van der Waals surface area contributed by atoms with Gasteiger partial charge in [0.1, 0.15) is 11.3 Å². The van der Waals surface area contributed by atoms with Crippen LogP contribution in [0.25, 0.3) is 11.0 Å². The summed E-state index contributed by atoms with van der Waals surface area (Å²) in [6.07, 6.45) is 0. The summed E-state index contributed by atoms with van der Waals surface area (Å²) in [7, 11) is 0. The molecule has 0 saturated heterocycles. The van der Waals surface area contributed by atoms with Gasteiger partial charge < -0.3 is 14.8 Å². The second-order valence-electron chi connectivity index (χ2n) is 5.52. The van der Waals surface area contributed by atoms with Gasteiger partial charge in [-0.3, -0.25) is 0 Å². The predicted molar refractivity (Wildman–Crippen MR) is 95.9 cm³/mol. The third kappa shape index (κ3) is 3.41. The number of phenolic OH excluding ortho intramolecular Hbond substituents is 1. The molecule has 0 fully saturated rings. The summed E-state index contributed by atoms with van der Waals surface area (Å²) in [6.45, 7) is 2.71. The van der Waals surface area contributed by atoms with Crippen LogP contribution in [0.1, 0.15) is 16.7 Å². The van der Waals surface area contributed by atoms with Crippen LogP contribution in [0.2, 0.25) is 10.0 Å². The fraction of sp³-hybridized carbons (Fsp3) is 0.167. The van der Waals surface area contributed by atoms with Gasteiger partial charge in [-0.15, -0.1) is 0 Å². The summed E-state index contributed by atoms with van der Waals surface area (Å²) >= 11 is 12.0. The van der Waals surface area contributed by atoms with E-state index in [1.54, 1.807) is 31.2 Å². The summed E-state index contributed by atoms with van der Waals surface area (Å²) in [4.78, 5) is 11.8. The van der Waals surface area contributed by atoms with Gasteiger partial charge in [0.05, 0.1) is 0 Å². The van der Waals surface area contributed by atoms with E-state index in [-0.39, 0.29) is 5.75 Å². The zero-order valence-electron chi connectivity index (χ0n) is 12.9. The number of hydrogen-bond donors (Lipinski definition) is 2. The van der Waals surface area contributed by atoms with Crippen LogP contribution in [0.4, 0.5) is 0 Å². The number of hydrogen-bond acceptors (Lipinski definition) is 4. The fourth-order valence-electron chi connectivity index (χ4n) is 2.56. The van der Waals surface area contributed by atoms with Gasteiger partial charge in [-0.25, -0.2) is 4.79 Å². The molecule has 0 amide bonds. The molecule has 1 aromatic heterocycles. The maximum Gasteiger partial charge on any atom is 0.336 e. The monoisotopic (exact) mass is 363 g/mol. The molecule has 0 aliphatic rings. The lowest BCUT2D eigenvalue weighted by Gasteiger charge is -2.10. The summed E-state index contributed by atoms with van der Waals surface area (Å²) in [5.41, 5.74) is 2.23. The number of phenols is 1. The second-order valence-corrected chi connectivity index (χ2v) is 6.36. The zero-order chi connectivity index (χ0) is 17.3. The molecule has 0 radical (unpaired) electrons. The van der Waals surface area contributed by atoms with Crippen LogP contribution in [-0.4, -0.2) is 5.11 Å². The van der Waals surface area contributed by atoms with E-state index in [0.717, 1.165) is 16.5 Å². The van der Waals surface area contributed by atoms with Crippen LogP contribution in [-0.2, 0) is 13.1 Å². The maximum atomic E-state index is 11.8. The van der Waals surface area contributed by atoms with Crippen LogP contribution in [0, 0.1) is 6.92 Å². The predicted octanol–water partition coefficient (Wildman–Crippen LogP) is 4.40. The van der Waals surface area contributed by atoms with Crippen molar-refractivity contribution in [3.8, 4) is 5.75 Å². The molecule has 2 aromatic carbocycles. The van der Waals surface area contributed by atoms with E-state index in [2.05, 4.69) is 5.32 Å². The first-order valence-corrected chi connectivity index (χ1v) is 8.11. The quantitative estimate of drug-likeness (QED) is 0.674. The smallest absolute Gasteiger partial charge is 0.336 e. The lowest BCUT2D eigenvalue weighted by Crippen LogP contribution is -2.15. The number of aryl methyl sites for hydroxylation is 1. The van der Waals surface area contributed by atoms with E-state index in [4.69, 9.17) is 27.6 Å². The SMILES string of the molecule is Cc1c(O)ccc2c(CNCc3ccc(Cl)cc3Cl)cc(=O)oc12. The molecule has 4 nitrogen and oxygen atoms in total. The Morgan fingerprint density at radius 2 is 1.83 bits per heavy atom. The van der Waals surface area contributed by atoms with Crippen molar-refractivity contribution in [2.24, 2.45) is 0 Å². The summed E-state index contributed by atoms with van der Waals surface area (Å²) < 4.78 is 5.23. The first-order valence-electron chi connectivity index (χ1n) is 7.35. The van der Waals surface area contributed by atoms with Crippen molar-refractivity contribution in [1.29, 1.82) is 0 Å². The first-order chi connectivity index (χ1) is 11.5. The van der Waals surface area contributed by atoms with E-state index in [0.29, 0.717) is 34.3 Å². The highest BCUT2D eigenvalue weighted by Gasteiger charge is 2.10. The standard InChI is InChI=1S/C18H15Cl2NO3/c1-10-16(22)5-4-14-12(6-17(23)24-18(10)14)9-21-8-11-2-3-13(19)7-15(11)20/h2-7,21-22H,8-9H2,1H3. The molecule has 124 valence electrons. The molecular formula is C18H15Cl2NO3. The lowest BCUT2D eigenvalue weighted by atomic mass is 10.1. The van der Waals surface area contributed by atoms with E-state index < -0.39 is 5.63 Å². The molecule has 0 unspecified atom stereocenters. The topological polar surface area (TPSA) is 62.5 Å². The number of aromatic hydroxyl groups is 1. The van der Waals surface area contributed by atoms with Crippen LogP contribution in [0.15, 0.2) is 45.6 Å². The van der Waals surface area contributed by atoms with Crippen LogP contribution in [0.5, 0.6) is 5.75 Å². The minimum absolute atomic E-state index is 0.101. The van der Waals surface area contributed by atoms with Gasteiger partial charge in [-0.05, 0) is 42.3 Å². The van der Waals surface area contributed by atoms with Crippen molar-refractivity contribution >= 4 is 34.2 Å². The highest BCUT2D eigenvalue weighted by Crippen LogP contribution is 2.27. The third-order valence-corrected chi connectivity index (χ3v) is 4.45. The molecule has 0 atom stereocenters. The van der Waals surface area contributed by atoms with E-state index >= 15 is 0 Å². The molecule has 24 heavy (non-hydrogen) atoms. The molecule has 0 saturated carbocycles. The summed E-state index contributed by atoms with van der Waals surface area (Å²) in [5.74, 6) is 0.101. The van der Waals surface area contributed by atoms with Crippen LogP contribution in [0.3, 0.4) is 0 Å². The van der Waals surface area contributed by atoms with Crippen molar-refractivity contribution in [2.45, 2.75) is 20.0 Å². The average Bonchev–Trinajstić information content (AvgIpc) is 2.53. The number of fused-ring (bicyclic) bond motifs is 1. The molecule has 3 aromatic rings. The van der Waals surface area contributed by atoms with Crippen LogP contribution >= 0.6 is 23.2 Å². The molecular weight excluding hydrogens is 349 g/mol. The normalized spacial score (nSPS) is 11.1. The van der Waals surface area contributed by atoms with Gasteiger partial charge >= 0.3 is 5.63 Å². The highest BCUT2D eigenvalue weighted by molar-refractivity contribution is 6.35. The molecule has 0 aliphatic heterocycles. The van der Waals surface area contributed by atoms with E-state index in [1.165, 1.54) is 6.07 Å². The van der Waals surface area contributed by atoms with Crippen molar-refractivity contribution in [3.63, 3.8) is 0 Å². The molecule has 3 rings (SSSR count). The first kappa shape index (κ1) is 16.8. The van der Waals surface area contributed by atoms with E-state index in [1.807, 2.05) is 6.07 Å². The minimum Gasteiger partial charge on any atom is -0.508 e. The second kappa shape index (κ2) is 6.85. The van der Waals surface area contributed by atoms with Crippen LogP contribution < -0.4 is 10.9 Å².